The molecule has 0 unspecified atom stereocenters. The molecule has 108 valence electrons. The second-order valence-corrected chi connectivity index (χ2v) is 5.93. The molecule has 3 rings (SSSR count). The molecule has 0 N–H and O–H groups in total. The van der Waals surface area contributed by atoms with Crippen LogP contribution in [0, 0.1) is 13.8 Å². The fourth-order valence-electron chi connectivity index (χ4n) is 2.55. The average Bonchev–Trinajstić information content (AvgIpc) is 2.46. The highest BCUT2D eigenvalue weighted by atomic mass is 79.9. The molecule has 0 saturated heterocycles. The molecule has 0 bridgehead atoms. The molecule has 0 spiro atoms. The highest BCUT2D eigenvalue weighted by Gasteiger charge is 2.21. The maximum absolute atomic E-state index is 12.9. The molecule has 1 aliphatic rings. The van der Waals surface area contributed by atoms with Crippen molar-refractivity contribution in [1.82, 2.24) is 0 Å². The Bertz CT molecular complexity index is 702. The van der Waals surface area contributed by atoms with Gasteiger partial charge in [0.25, 0.3) is 0 Å². The lowest BCUT2D eigenvalue weighted by Gasteiger charge is -2.20. The highest BCUT2D eigenvalue weighted by molar-refractivity contribution is 9.10. The van der Waals surface area contributed by atoms with Crippen molar-refractivity contribution in [2.75, 3.05) is 13.2 Å². The van der Waals surface area contributed by atoms with E-state index in [1.165, 1.54) is 0 Å². The summed E-state index contributed by atoms with van der Waals surface area (Å²) in [4.78, 5) is 12.9. The Balaban J connectivity index is 2.10. The third kappa shape index (κ3) is 2.56. The number of aryl methyl sites for hydroxylation is 2. The van der Waals surface area contributed by atoms with Crippen LogP contribution >= 0.6 is 15.9 Å². The molecule has 1 heterocycles. The minimum Gasteiger partial charge on any atom is -0.486 e. The normalized spacial score (nSPS) is 13.1. The van der Waals surface area contributed by atoms with Gasteiger partial charge in [-0.3, -0.25) is 4.79 Å². The van der Waals surface area contributed by atoms with Crippen LogP contribution in [0.5, 0.6) is 11.5 Å². The standard InChI is InChI=1S/C17H15BrO3/c1-10-4-3-5-11(2)16(10)17(19)12-8-14-15(9-13(12)18)21-7-6-20-14/h3-5,8-9H,6-7H2,1-2H3. The van der Waals surface area contributed by atoms with Gasteiger partial charge < -0.3 is 9.47 Å². The third-order valence-electron chi connectivity index (χ3n) is 3.58. The van der Waals surface area contributed by atoms with Gasteiger partial charge in [-0.1, -0.05) is 18.2 Å². The molecule has 4 heteroatoms. The first-order chi connectivity index (χ1) is 10.1. The summed E-state index contributed by atoms with van der Waals surface area (Å²) in [6, 6.07) is 9.42. The van der Waals surface area contributed by atoms with E-state index in [2.05, 4.69) is 15.9 Å². The largest absolute Gasteiger partial charge is 0.486 e. The van der Waals surface area contributed by atoms with Gasteiger partial charge in [0.1, 0.15) is 13.2 Å². The summed E-state index contributed by atoms with van der Waals surface area (Å²) in [5.41, 5.74) is 3.29. The number of benzene rings is 2. The van der Waals surface area contributed by atoms with Gasteiger partial charge in [-0.05, 0) is 53.0 Å². The second-order valence-electron chi connectivity index (χ2n) is 5.07. The molecule has 0 fully saturated rings. The van der Waals surface area contributed by atoms with Gasteiger partial charge in [0.2, 0.25) is 0 Å². The number of hydrogen-bond acceptors (Lipinski definition) is 3. The van der Waals surface area contributed by atoms with E-state index in [1.54, 1.807) is 12.1 Å². The number of fused-ring (bicyclic) bond motifs is 1. The average molecular weight is 347 g/mol. The smallest absolute Gasteiger partial charge is 0.194 e. The Morgan fingerprint density at radius 2 is 1.62 bits per heavy atom. The molecule has 2 aromatic carbocycles. The lowest BCUT2D eigenvalue weighted by Crippen LogP contribution is -2.16. The molecular formula is C17H15BrO3. The number of carbonyl (C=O) groups is 1. The van der Waals surface area contributed by atoms with Crippen molar-refractivity contribution in [3.63, 3.8) is 0 Å². The number of rotatable bonds is 2. The van der Waals surface area contributed by atoms with Crippen LogP contribution in [0.4, 0.5) is 0 Å². The van der Waals surface area contributed by atoms with Crippen LogP contribution in [0.25, 0.3) is 0 Å². The predicted molar refractivity (Wildman–Crippen MR) is 84.5 cm³/mol. The topological polar surface area (TPSA) is 35.5 Å². The molecular weight excluding hydrogens is 332 g/mol. The van der Waals surface area contributed by atoms with Crippen molar-refractivity contribution in [2.45, 2.75) is 13.8 Å². The van der Waals surface area contributed by atoms with Gasteiger partial charge >= 0.3 is 0 Å². The Hall–Kier alpha value is -1.81. The molecule has 0 radical (unpaired) electrons. The summed E-state index contributed by atoms with van der Waals surface area (Å²) in [5.74, 6) is 1.29. The van der Waals surface area contributed by atoms with E-state index in [9.17, 15) is 4.79 Å². The zero-order valence-corrected chi connectivity index (χ0v) is 13.5. The van der Waals surface area contributed by atoms with Crippen LogP contribution in [0.2, 0.25) is 0 Å². The number of ether oxygens (including phenoxy) is 2. The van der Waals surface area contributed by atoms with E-state index < -0.39 is 0 Å². The van der Waals surface area contributed by atoms with Gasteiger partial charge in [0.05, 0.1) is 0 Å². The zero-order chi connectivity index (χ0) is 15.0. The van der Waals surface area contributed by atoms with Crippen molar-refractivity contribution >= 4 is 21.7 Å². The molecule has 3 nitrogen and oxygen atoms in total. The molecule has 0 aromatic heterocycles. The van der Waals surface area contributed by atoms with Gasteiger partial charge in [0.15, 0.2) is 17.3 Å². The van der Waals surface area contributed by atoms with Gasteiger partial charge in [-0.2, -0.15) is 0 Å². The minimum absolute atomic E-state index is 0.00514. The molecule has 0 amide bonds. The summed E-state index contributed by atoms with van der Waals surface area (Å²) in [5, 5.41) is 0. The lowest BCUT2D eigenvalue weighted by atomic mass is 9.95. The Labute approximate surface area is 132 Å². The molecule has 0 saturated carbocycles. The minimum atomic E-state index is -0.00514. The summed E-state index contributed by atoms with van der Waals surface area (Å²) in [6.45, 7) is 4.94. The van der Waals surface area contributed by atoms with Gasteiger partial charge in [-0.15, -0.1) is 0 Å². The molecule has 0 atom stereocenters. The lowest BCUT2D eigenvalue weighted by molar-refractivity contribution is 0.103. The second kappa shape index (κ2) is 5.53. The summed E-state index contributed by atoms with van der Waals surface area (Å²) < 4.78 is 11.8. The van der Waals surface area contributed by atoms with E-state index in [0.29, 0.717) is 30.3 Å². The maximum Gasteiger partial charge on any atom is 0.194 e. The fourth-order valence-corrected chi connectivity index (χ4v) is 3.05. The molecule has 2 aromatic rings. The van der Waals surface area contributed by atoms with Crippen LogP contribution in [0.15, 0.2) is 34.8 Å². The van der Waals surface area contributed by atoms with Gasteiger partial charge in [-0.25, -0.2) is 0 Å². The number of carbonyl (C=O) groups excluding carboxylic acids is 1. The molecule has 1 aliphatic heterocycles. The quantitative estimate of drug-likeness (QED) is 0.769. The van der Waals surface area contributed by atoms with Crippen molar-refractivity contribution in [2.24, 2.45) is 0 Å². The van der Waals surface area contributed by atoms with Crippen molar-refractivity contribution in [3.05, 3.63) is 57.1 Å². The van der Waals surface area contributed by atoms with Crippen LogP contribution < -0.4 is 9.47 Å². The maximum atomic E-state index is 12.9. The number of halogens is 1. The first-order valence-corrected chi connectivity index (χ1v) is 7.57. The Morgan fingerprint density at radius 1 is 1.05 bits per heavy atom. The zero-order valence-electron chi connectivity index (χ0n) is 11.9. The SMILES string of the molecule is Cc1cccc(C)c1C(=O)c1cc2c(cc1Br)OCCO2. The molecule has 0 aliphatic carbocycles. The number of ketones is 1. The van der Waals surface area contributed by atoms with Crippen molar-refractivity contribution in [1.29, 1.82) is 0 Å². The molecule has 21 heavy (non-hydrogen) atoms. The van der Waals surface area contributed by atoms with E-state index in [-0.39, 0.29) is 5.78 Å². The van der Waals surface area contributed by atoms with Crippen LogP contribution in [0.3, 0.4) is 0 Å². The van der Waals surface area contributed by atoms with Crippen LogP contribution in [0.1, 0.15) is 27.0 Å². The summed E-state index contributed by atoms with van der Waals surface area (Å²) in [6.07, 6.45) is 0. The number of hydrogen-bond donors (Lipinski definition) is 0. The van der Waals surface area contributed by atoms with Crippen molar-refractivity contribution < 1.29 is 14.3 Å². The monoisotopic (exact) mass is 346 g/mol. The first-order valence-electron chi connectivity index (χ1n) is 6.78. The third-order valence-corrected chi connectivity index (χ3v) is 4.24. The summed E-state index contributed by atoms with van der Waals surface area (Å²) in [7, 11) is 0. The van der Waals surface area contributed by atoms with E-state index >= 15 is 0 Å². The highest BCUT2D eigenvalue weighted by Crippen LogP contribution is 2.36. The Morgan fingerprint density at radius 3 is 2.24 bits per heavy atom. The van der Waals surface area contributed by atoms with E-state index in [0.717, 1.165) is 21.2 Å². The Kier molecular flexibility index (Phi) is 3.72. The van der Waals surface area contributed by atoms with Crippen molar-refractivity contribution in [3.8, 4) is 11.5 Å². The van der Waals surface area contributed by atoms with Crippen LogP contribution in [-0.2, 0) is 0 Å². The van der Waals surface area contributed by atoms with E-state index in [1.807, 2.05) is 32.0 Å². The van der Waals surface area contributed by atoms with E-state index in [4.69, 9.17) is 9.47 Å². The predicted octanol–water partition coefficient (Wildman–Crippen LogP) is 4.07. The van der Waals surface area contributed by atoms with Gasteiger partial charge in [0, 0.05) is 15.6 Å². The first kappa shape index (κ1) is 14.1. The summed E-state index contributed by atoms with van der Waals surface area (Å²) >= 11 is 3.47. The fraction of sp³-hybridized carbons (Fsp3) is 0.235. The van der Waals surface area contributed by atoms with Crippen LogP contribution in [-0.4, -0.2) is 19.0 Å².